The predicted molar refractivity (Wildman–Crippen MR) is 107 cm³/mol. The molecule has 3 rings (SSSR count). The Kier molecular flexibility index (Phi) is 5.80. The van der Waals surface area contributed by atoms with E-state index < -0.39 is 0 Å². The first-order chi connectivity index (χ1) is 12.6. The number of thioether (sulfide) groups is 1. The van der Waals surface area contributed by atoms with Crippen LogP contribution in [0.1, 0.15) is 19.4 Å². The zero-order valence-corrected chi connectivity index (χ0v) is 15.4. The van der Waals surface area contributed by atoms with Crippen LogP contribution in [0.2, 0.25) is 0 Å². The van der Waals surface area contributed by atoms with Gasteiger partial charge in [-0.3, -0.25) is 15.6 Å². The van der Waals surface area contributed by atoms with Crippen molar-refractivity contribution in [1.29, 1.82) is 0 Å². The Balaban J connectivity index is 1.64. The van der Waals surface area contributed by atoms with Gasteiger partial charge in [-0.25, -0.2) is 4.99 Å². The molecule has 0 aromatic heterocycles. The SMILES string of the molecule is CCOc1ccc(N=C2NNC(c3ccc(NC(C)=O)cc3)=CS2)cc1. The quantitative estimate of drug-likeness (QED) is 0.747. The van der Waals surface area contributed by atoms with Crippen LogP contribution in [0.25, 0.3) is 5.70 Å². The van der Waals surface area contributed by atoms with Crippen molar-refractivity contribution in [2.75, 3.05) is 11.9 Å². The highest BCUT2D eigenvalue weighted by Gasteiger charge is 2.10. The molecule has 0 fully saturated rings. The minimum atomic E-state index is -0.0832. The van der Waals surface area contributed by atoms with Crippen molar-refractivity contribution in [3.05, 3.63) is 59.5 Å². The smallest absolute Gasteiger partial charge is 0.221 e. The zero-order chi connectivity index (χ0) is 18.4. The molecule has 1 aliphatic heterocycles. The van der Waals surface area contributed by atoms with E-state index >= 15 is 0 Å². The van der Waals surface area contributed by atoms with Gasteiger partial charge in [0.2, 0.25) is 5.91 Å². The minimum absolute atomic E-state index is 0.0832. The number of amides is 1. The largest absolute Gasteiger partial charge is 0.494 e. The second-order valence-electron chi connectivity index (χ2n) is 5.50. The summed E-state index contributed by atoms with van der Waals surface area (Å²) in [4.78, 5) is 15.6. The summed E-state index contributed by atoms with van der Waals surface area (Å²) >= 11 is 1.50. The average Bonchev–Trinajstić information content (AvgIpc) is 2.64. The molecular weight excluding hydrogens is 348 g/mol. The Hall–Kier alpha value is -2.93. The third-order valence-electron chi connectivity index (χ3n) is 3.49. The van der Waals surface area contributed by atoms with Crippen LogP contribution in [0.3, 0.4) is 0 Å². The van der Waals surface area contributed by atoms with Gasteiger partial charge in [-0.15, -0.1) is 0 Å². The van der Waals surface area contributed by atoms with Crippen LogP contribution >= 0.6 is 11.8 Å². The van der Waals surface area contributed by atoms with Gasteiger partial charge in [0.25, 0.3) is 0 Å². The van der Waals surface area contributed by atoms with Gasteiger partial charge in [0.1, 0.15) is 5.75 Å². The van der Waals surface area contributed by atoms with E-state index in [4.69, 9.17) is 4.74 Å². The number of hydrazine groups is 1. The maximum absolute atomic E-state index is 11.1. The Labute approximate surface area is 156 Å². The summed E-state index contributed by atoms with van der Waals surface area (Å²) in [6.45, 7) is 4.10. The molecule has 134 valence electrons. The van der Waals surface area contributed by atoms with Crippen LogP contribution in [-0.4, -0.2) is 17.7 Å². The summed E-state index contributed by atoms with van der Waals surface area (Å²) in [6, 6.07) is 15.3. The van der Waals surface area contributed by atoms with Crippen LogP contribution in [0.4, 0.5) is 11.4 Å². The molecule has 0 radical (unpaired) electrons. The summed E-state index contributed by atoms with van der Waals surface area (Å²) < 4.78 is 5.43. The number of rotatable bonds is 5. The van der Waals surface area contributed by atoms with Crippen molar-refractivity contribution < 1.29 is 9.53 Å². The number of benzene rings is 2. The van der Waals surface area contributed by atoms with Crippen LogP contribution in [-0.2, 0) is 4.79 Å². The van der Waals surface area contributed by atoms with E-state index in [-0.39, 0.29) is 5.91 Å². The van der Waals surface area contributed by atoms with Gasteiger partial charge in [0.15, 0.2) is 5.17 Å². The first-order valence-electron chi connectivity index (χ1n) is 8.22. The Morgan fingerprint density at radius 2 is 1.85 bits per heavy atom. The third kappa shape index (κ3) is 4.80. The van der Waals surface area contributed by atoms with Crippen molar-refractivity contribution in [3.63, 3.8) is 0 Å². The topological polar surface area (TPSA) is 74.8 Å². The van der Waals surface area contributed by atoms with E-state index in [1.807, 2.05) is 60.9 Å². The second-order valence-corrected chi connectivity index (χ2v) is 6.36. The number of hydrogen-bond donors (Lipinski definition) is 3. The molecule has 3 N–H and O–H groups in total. The number of amidine groups is 1. The molecule has 2 aromatic carbocycles. The molecule has 2 aromatic rings. The van der Waals surface area contributed by atoms with Crippen LogP contribution in [0.15, 0.2) is 58.9 Å². The zero-order valence-electron chi connectivity index (χ0n) is 14.6. The molecule has 26 heavy (non-hydrogen) atoms. The molecule has 0 atom stereocenters. The van der Waals surface area contributed by atoms with Gasteiger partial charge in [-0.05, 0) is 43.3 Å². The van der Waals surface area contributed by atoms with Crippen molar-refractivity contribution in [2.45, 2.75) is 13.8 Å². The molecule has 1 aliphatic rings. The highest BCUT2D eigenvalue weighted by molar-refractivity contribution is 8.16. The van der Waals surface area contributed by atoms with Crippen molar-refractivity contribution in [3.8, 4) is 5.75 Å². The molecule has 0 saturated carbocycles. The molecule has 6 nitrogen and oxygen atoms in total. The summed E-state index contributed by atoms with van der Waals surface area (Å²) in [5.74, 6) is 0.754. The highest BCUT2D eigenvalue weighted by atomic mass is 32.2. The van der Waals surface area contributed by atoms with Crippen molar-refractivity contribution in [1.82, 2.24) is 10.9 Å². The fraction of sp³-hybridized carbons (Fsp3) is 0.158. The van der Waals surface area contributed by atoms with Gasteiger partial charge in [0, 0.05) is 23.6 Å². The highest BCUT2D eigenvalue weighted by Crippen LogP contribution is 2.24. The average molecular weight is 368 g/mol. The summed E-state index contributed by atoms with van der Waals surface area (Å²) in [5, 5.41) is 5.51. The maximum Gasteiger partial charge on any atom is 0.221 e. The number of ether oxygens (including phenoxy) is 1. The molecule has 0 spiro atoms. The first-order valence-corrected chi connectivity index (χ1v) is 9.10. The van der Waals surface area contributed by atoms with Crippen LogP contribution in [0.5, 0.6) is 5.75 Å². The van der Waals surface area contributed by atoms with Crippen molar-refractivity contribution >= 4 is 39.9 Å². The van der Waals surface area contributed by atoms with Crippen LogP contribution in [0, 0.1) is 0 Å². The third-order valence-corrected chi connectivity index (χ3v) is 4.26. The molecule has 0 aliphatic carbocycles. The van der Waals surface area contributed by atoms with Gasteiger partial charge in [0.05, 0.1) is 18.0 Å². The Bertz CT molecular complexity index is 830. The van der Waals surface area contributed by atoms with E-state index in [0.29, 0.717) is 6.61 Å². The van der Waals surface area contributed by atoms with E-state index in [1.54, 1.807) is 0 Å². The number of nitrogens with zero attached hydrogens (tertiary/aromatic N) is 1. The number of hydrogen-bond acceptors (Lipinski definition) is 5. The molecular formula is C19H20N4O2S. The number of anilines is 1. The lowest BCUT2D eigenvalue weighted by Gasteiger charge is -2.19. The fourth-order valence-corrected chi connectivity index (χ4v) is 3.02. The van der Waals surface area contributed by atoms with Gasteiger partial charge >= 0.3 is 0 Å². The standard InChI is InChI=1S/C19H20N4O2S/c1-3-25-17-10-8-16(9-11-17)21-19-23-22-18(12-26-19)14-4-6-15(7-5-14)20-13(2)24/h4-12,22H,3H2,1-2H3,(H,20,24)(H,21,23). The molecule has 1 heterocycles. The monoisotopic (exact) mass is 368 g/mol. The maximum atomic E-state index is 11.1. The fourth-order valence-electron chi connectivity index (χ4n) is 2.33. The molecule has 7 heteroatoms. The normalized spacial score (nSPS) is 14.8. The van der Waals surface area contributed by atoms with E-state index in [9.17, 15) is 4.79 Å². The van der Waals surface area contributed by atoms with E-state index in [0.717, 1.165) is 33.6 Å². The first kappa shape index (κ1) is 17.9. The van der Waals surface area contributed by atoms with Gasteiger partial charge in [-0.2, -0.15) is 0 Å². The molecule has 0 bridgehead atoms. The van der Waals surface area contributed by atoms with E-state index in [1.165, 1.54) is 18.7 Å². The summed E-state index contributed by atoms with van der Waals surface area (Å²) in [5.41, 5.74) is 9.82. The lowest BCUT2D eigenvalue weighted by Crippen LogP contribution is -2.36. The minimum Gasteiger partial charge on any atom is -0.494 e. The second kappa shape index (κ2) is 8.44. The number of nitrogens with one attached hydrogen (secondary N) is 3. The Morgan fingerprint density at radius 3 is 2.42 bits per heavy atom. The number of carbonyl (C=O) groups is 1. The van der Waals surface area contributed by atoms with E-state index in [2.05, 4.69) is 21.2 Å². The molecule has 1 amide bonds. The summed E-state index contributed by atoms with van der Waals surface area (Å²) in [6.07, 6.45) is 0. The molecule has 0 unspecified atom stereocenters. The van der Waals surface area contributed by atoms with Gasteiger partial charge < -0.3 is 10.1 Å². The Morgan fingerprint density at radius 1 is 1.12 bits per heavy atom. The lowest BCUT2D eigenvalue weighted by molar-refractivity contribution is -0.114. The number of aliphatic imine (C=N–C) groups is 1. The lowest BCUT2D eigenvalue weighted by atomic mass is 10.1. The van der Waals surface area contributed by atoms with Gasteiger partial charge in [-0.1, -0.05) is 23.9 Å². The van der Waals surface area contributed by atoms with Crippen molar-refractivity contribution in [2.24, 2.45) is 4.99 Å². The summed E-state index contributed by atoms with van der Waals surface area (Å²) in [7, 11) is 0. The molecule has 0 saturated heterocycles. The van der Waals surface area contributed by atoms with Crippen LogP contribution < -0.4 is 20.9 Å². The number of carbonyl (C=O) groups excluding carboxylic acids is 1. The predicted octanol–water partition coefficient (Wildman–Crippen LogP) is 3.87.